The van der Waals surface area contributed by atoms with Gasteiger partial charge in [0.2, 0.25) is 0 Å². The Bertz CT molecular complexity index is 3630. The zero-order valence-electron chi connectivity index (χ0n) is 47.3. The summed E-state index contributed by atoms with van der Waals surface area (Å²) in [6, 6.07) is 35.9. The van der Waals surface area contributed by atoms with Gasteiger partial charge in [-0.05, 0) is 131 Å². The van der Waals surface area contributed by atoms with E-state index in [2.05, 4.69) is 238 Å². The Kier molecular flexibility index (Phi) is 11.7. The van der Waals surface area contributed by atoms with E-state index in [1.807, 2.05) is 18.2 Å². The number of hydrogen-bond donors (Lipinski definition) is 2. The van der Waals surface area contributed by atoms with Gasteiger partial charge in [-0.2, -0.15) is 0 Å². The van der Waals surface area contributed by atoms with Crippen molar-refractivity contribution in [3.05, 3.63) is 164 Å². The van der Waals surface area contributed by atoms with Crippen LogP contribution in [0.2, 0.25) is 0 Å². The van der Waals surface area contributed by atoms with E-state index in [-0.39, 0.29) is 38.3 Å². The molecule has 0 unspecified atom stereocenters. The zero-order valence-corrected chi connectivity index (χ0v) is 47.3. The number of hydrogen-bond acceptors (Lipinski definition) is 3. The molecule has 74 heavy (non-hydrogen) atoms. The second-order valence-electron chi connectivity index (χ2n) is 27.5. The average Bonchev–Trinajstić information content (AvgIpc) is 4.14. The van der Waals surface area contributed by atoms with Crippen LogP contribution in [-0.2, 0) is 32.5 Å². The number of ketones is 1. The zero-order chi connectivity index (χ0) is 53.4. The van der Waals surface area contributed by atoms with Gasteiger partial charge in [0, 0.05) is 49.9 Å². The Hall–Kier alpha value is -6.85. The molecule has 5 heterocycles. The molecule has 0 saturated carbocycles. The molecule has 3 aromatic heterocycles. The minimum atomic E-state index is -0.131. The summed E-state index contributed by atoms with van der Waals surface area (Å²) in [6.07, 6.45) is 8.69. The highest BCUT2D eigenvalue weighted by Crippen LogP contribution is 2.46. The lowest BCUT2D eigenvalue weighted by Gasteiger charge is -2.26. The van der Waals surface area contributed by atoms with Crippen LogP contribution in [0, 0.1) is 0 Å². The van der Waals surface area contributed by atoms with Crippen molar-refractivity contribution in [3.8, 4) is 44.5 Å². The quantitative estimate of drug-likeness (QED) is 0.185. The van der Waals surface area contributed by atoms with E-state index in [4.69, 9.17) is 9.97 Å². The fourth-order valence-corrected chi connectivity index (χ4v) is 10.6. The van der Waals surface area contributed by atoms with Crippen LogP contribution in [0.3, 0.4) is 0 Å². The summed E-state index contributed by atoms with van der Waals surface area (Å²) < 4.78 is 0. The Balaban J connectivity index is 1.45. The lowest BCUT2D eigenvalue weighted by molar-refractivity contribution is 0.104. The SMILES string of the molecule is CC(C)(C)c1cc(-c2c3nc(c(-c4cc(C(C)(C)C)cc(C(C)(C)C)c4)c4ccc([nH]4)c(-c4cc(C(C)(C)C)cc(C(C)(C)C)c4)c4cc5c([nH]4)c(c4nc2C=C4)-c2ccccc2C5=O)C=C3)cc(C(C)(C)C)c1. The van der Waals surface area contributed by atoms with Gasteiger partial charge in [-0.25, -0.2) is 9.97 Å². The third-order valence-electron chi connectivity index (χ3n) is 15.4. The monoisotopic (exact) mass is 977 g/mol. The Morgan fingerprint density at radius 2 is 0.662 bits per heavy atom. The van der Waals surface area contributed by atoms with E-state index in [0.29, 0.717) is 11.1 Å². The molecular formula is C69H76N4O. The number of aromatic amines is 2. The van der Waals surface area contributed by atoms with Crippen LogP contribution < -0.4 is 0 Å². The molecule has 3 aliphatic rings. The van der Waals surface area contributed by atoms with Crippen molar-refractivity contribution in [1.82, 2.24) is 19.9 Å². The summed E-state index contributed by atoms with van der Waals surface area (Å²) in [4.78, 5) is 34.4. The molecule has 10 rings (SSSR count). The van der Waals surface area contributed by atoms with E-state index in [0.717, 1.165) is 89.4 Å². The maximum Gasteiger partial charge on any atom is 0.195 e. The van der Waals surface area contributed by atoms with E-state index < -0.39 is 0 Å². The minimum absolute atomic E-state index is 0.00458. The molecule has 0 spiro atoms. The highest BCUT2D eigenvalue weighted by Gasteiger charge is 2.31. The molecule has 0 radical (unpaired) electrons. The van der Waals surface area contributed by atoms with Gasteiger partial charge >= 0.3 is 0 Å². The molecular weight excluding hydrogens is 901 g/mol. The van der Waals surface area contributed by atoms with Crippen LogP contribution in [0.25, 0.3) is 90.9 Å². The number of nitrogens with zero attached hydrogens (tertiary/aromatic N) is 2. The molecule has 8 bridgehead atoms. The Labute approximate surface area is 440 Å². The average molecular weight is 977 g/mol. The molecule has 2 aliphatic heterocycles. The summed E-state index contributed by atoms with van der Waals surface area (Å²) in [7, 11) is 0. The third-order valence-corrected chi connectivity index (χ3v) is 15.4. The fourth-order valence-electron chi connectivity index (χ4n) is 10.6. The highest BCUT2D eigenvalue weighted by molar-refractivity contribution is 6.24. The van der Waals surface area contributed by atoms with Crippen LogP contribution in [0.5, 0.6) is 0 Å². The molecule has 7 aromatic rings. The first-order valence-corrected chi connectivity index (χ1v) is 26.7. The first-order chi connectivity index (χ1) is 34.3. The largest absolute Gasteiger partial charge is 0.354 e. The van der Waals surface area contributed by atoms with Crippen molar-refractivity contribution in [1.29, 1.82) is 0 Å². The minimum Gasteiger partial charge on any atom is -0.354 e. The van der Waals surface area contributed by atoms with Crippen LogP contribution in [0.1, 0.15) is 197 Å². The lowest BCUT2D eigenvalue weighted by Crippen LogP contribution is -2.16. The number of aromatic nitrogens is 4. The summed E-state index contributed by atoms with van der Waals surface area (Å²) in [5, 5.41) is 0. The number of carbonyl (C=O) groups excluding carboxylic acids is 1. The molecule has 2 N–H and O–H groups in total. The van der Waals surface area contributed by atoms with Gasteiger partial charge in [0.25, 0.3) is 0 Å². The predicted molar refractivity (Wildman–Crippen MR) is 316 cm³/mol. The molecule has 5 heteroatoms. The number of carbonyl (C=O) groups is 1. The van der Waals surface area contributed by atoms with Gasteiger partial charge in [0.15, 0.2) is 5.78 Å². The van der Waals surface area contributed by atoms with E-state index >= 15 is 0 Å². The van der Waals surface area contributed by atoms with E-state index in [1.165, 1.54) is 33.4 Å². The Morgan fingerprint density at radius 3 is 1.07 bits per heavy atom. The summed E-state index contributed by atoms with van der Waals surface area (Å²) in [5.41, 5.74) is 23.0. The molecule has 378 valence electrons. The molecule has 0 amide bonds. The first kappa shape index (κ1) is 50.7. The Morgan fingerprint density at radius 1 is 0.324 bits per heavy atom. The molecule has 1 aliphatic carbocycles. The number of benzene rings is 4. The standard InChI is InChI=1S/C69H76N4O/c1-64(2,3)42-29-39(30-43(35-42)65(4,5)6)58-51-23-24-52(70-51)59(40-31-44(66(7,8)9)36-45(32-40)67(10,11)12)54-27-28-56(72-54)61-48-21-19-20-22-49(48)63(74)50-38-57(73-62(50)61)60(55-26-25-53(58)71-55)41-33-46(68(13,14)15)37-47(34-41)69(16,17)18/h19-38,71,73H,1-18H3. The number of fused-ring (bicyclic) bond motifs is 10. The van der Waals surface area contributed by atoms with Gasteiger partial charge in [-0.15, -0.1) is 0 Å². The van der Waals surface area contributed by atoms with Gasteiger partial charge in [0.05, 0.1) is 28.3 Å². The number of rotatable bonds is 3. The summed E-state index contributed by atoms with van der Waals surface area (Å²) in [5.74, 6) is -0.00458. The summed E-state index contributed by atoms with van der Waals surface area (Å²) >= 11 is 0. The molecule has 0 saturated heterocycles. The second kappa shape index (κ2) is 17.1. The van der Waals surface area contributed by atoms with E-state index in [9.17, 15) is 4.79 Å². The van der Waals surface area contributed by atoms with Gasteiger partial charge in [-0.1, -0.05) is 203 Å². The van der Waals surface area contributed by atoms with Crippen molar-refractivity contribution in [2.75, 3.05) is 0 Å². The van der Waals surface area contributed by atoms with Crippen LogP contribution in [0.15, 0.2) is 97.1 Å². The van der Waals surface area contributed by atoms with Crippen molar-refractivity contribution in [2.24, 2.45) is 0 Å². The normalized spacial score (nSPS) is 14.0. The van der Waals surface area contributed by atoms with E-state index in [1.54, 1.807) is 0 Å². The lowest BCUT2D eigenvalue weighted by atomic mass is 9.78. The predicted octanol–water partition coefficient (Wildman–Crippen LogP) is 18.7. The van der Waals surface area contributed by atoms with Gasteiger partial charge < -0.3 is 9.97 Å². The number of H-pyrrole nitrogens is 2. The maximum absolute atomic E-state index is 15.0. The van der Waals surface area contributed by atoms with Crippen molar-refractivity contribution >= 4 is 52.2 Å². The second-order valence-corrected chi connectivity index (χ2v) is 27.5. The van der Waals surface area contributed by atoms with Gasteiger partial charge in [0.1, 0.15) is 0 Å². The summed E-state index contributed by atoms with van der Waals surface area (Å²) in [6.45, 7) is 41.3. The maximum atomic E-state index is 15.0. The van der Waals surface area contributed by atoms with Crippen molar-refractivity contribution < 1.29 is 4.79 Å². The fraction of sp³-hybridized carbons (Fsp3) is 0.348. The molecule has 5 nitrogen and oxygen atoms in total. The third kappa shape index (κ3) is 9.15. The topological polar surface area (TPSA) is 74.4 Å². The first-order valence-electron chi connectivity index (χ1n) is 26.7. The van der Waals surface area contributed by atoms with Crippen molar-refractivity contribution in [2.45, 2.75) is 157 Å². The van der Waals surface area contributed by atoms with Gasteiger partial charge in [-0.3, -0.25) is 4.79 Å². The van der Waals surface area contributed by atoms with Crippen molar-refractivity contribution in [3.63, 3.8) is 0 Å². The highest BCUT2D eigenvalue weighted by atomic mass is 16.1. The number of nitrogens with one attached hydrogen (secondary N) is 2. The van der Waals surface area contributed by atoms with Crippen LogP contribution in [-0.4, -0.2) is 25.7 Å². The van der Waals surface area contributed by atoms with Crippen LogP contribution in [0.4, 0.5) is 0 Å². The molecule has 4 aromatic carbocycles. The van der Waals surface area contributed by atoms with Crippen LogP contribution >= 0.6 is 0 Å². The molecule has 0 atom stereocenters. The smallest absolute Gasteiger partial charge is 0.195 e. The molecule has 0 fully saturated rings.